The number of carbonyl (C=O) groups excluding carboxylic acids is 2. The van der Waals surface area contributed by atoms with Gasteiger partial charge in [0.1, 0.15) is 12.2 Å². The van der Waals surface area contributed by atoms with Gasteiger partial charge in [0.05, 0.1) is 6.04 Å². The lowest BCUT2D eigenvalue weighted by atomic mass is 10.0. The molecule has 3 rings (SSSR count). The van der Waals surface area contributed by atoms with Crippen molar-refractivity contribution >= 4 is 12.1 Å². The van der Waals surface area contributed by atoms with Gasteiger partial charge in [-0.05, 0) is 50.5 Å². The molecule has 1 aliphatic heterocycles. The van der Waals surface area contributed by atoms with Crippen LogP contribution in [0.25, 0.3) is 0 Å². The Kier molecular flexibility index (Phi) is 7.02. The van der Waals surface area contributed by atoms with Crippen LogP contribution in [0.1, 0.15) is 31.9 Å². The first-order chi connectivity index (χ1) is 14.7. The molecule has 166 valence electrons. The van der Waals surface area contributed by atoms with Gasteiger partial charge in [-0.25, -0.2) is 9.59 Å². The number of benzene rings is 2. The Morgan fingerprint density at radius 3 is 2.48 bits per heavy atom. The molecule has 0 aromatic heterocycles. The molecule has 0 fully saturated rings. The number of nitrogens with one attached hydrogen (secondary N) is 1. The van der Waals surface area contributed by atoms with Crippen molar-refractivity contribution in [3.8, 4) is 11.5 Å². The first kappa shape index (κ1) is 22.4. The van der Waals surface area contributed by atoms with Crippen LogP contribution in [-0.4, -0.2) is 41.7 Å². The molecule has 0 unspecified atom stereocenters. The van der Waals surface area contributed by atoms with Crippen LogP contribution < -0.4 is 14.8 Å². The number of aliphatic hydroxyl groups excluding tert-OH is 1. The molecule has 1 amide bonds. The lowest BCUT2D eigenvalue weighted by Gasteiger charge is -2.26. The van der Waals surface area contributed by atoms with E-state index in [4.69, 9.17) is 18.9 Å². The number of rotatable bonds is 7. The monoisotopic (exact) mass is 429 g/mol. The number of alkyl carbamates (subject to hydrolysis) is 1. The third-order valence-corrected chi connectivity index (χ3v) is 4.44. The van der Waals surface area contributed by atoms with Crippen LogP contribution in [0.5, 0.6) is 11.5 Å². The Morgan fingerprint density at radius 2 is 1.77 bits per heavy atom. The molecule has 0 bridgehead atoms. The summed E-state index contributed by atoms with van der Waals surface area (Å²) in [5.74, 6) is 0.337. The summed E-state index contributed by atoms with van der Waals surface area (Å²) >= 11 is 0. The molecule has 1 aliphatic rings. The fourth-order valence-electron chi connectivity index (χ4n) is 3.00. The van der Waals surface area contributed by atoms with Crippen molar-refractivity contribution in [1.29, 1.82) is 0 Å². The Labute approximate surface area is 181 Å². The number of carbonyl (C=O) groups is 2. The summed E-state index contributed by atoms with van der Waals surface area (Å²) in [7, 11) is 0. The maximum Gasteiger partial charge on any atom is 0.407 e. The van der Waals surface area contributed by atoms with Crippen molar-refractivity contribution in [2.24, 2.45) is 0 Å². The average Bonchev–Trinajstić information content (AvgIpc) is 3.18. The molecule has 1 heterocycles. The Bertz CT molecular complexity index is 908. The quantitative estimate of drug-likeness (QED) is 0.652. The number of ether oxygens (including phenoxy) is 4. The van der Waals surface area contributed by atoms with E-state index in [1.807, 2.05) is 30.3 Å². The van der Waals surface area contributed by atoms with Gasteiger partial charge in [-0.2, -0.15) is 0 Å². The predicted octanol–water partition coefficient (Wildman–Crippen LogP) is 2.96. The van der Waals surface area contributed by atoms with E-state index in [9.17, 15) is 14.7 Å². The van der Waals surface area contributed by atoms with Gasteiger partial charge in [-0.1, -0.05) is 36.4 Å². The largest absolute Gasteiger partial charge is 0.459 e. The highest BCUT2D eigenvalue weighted by Crippen LogP contribution is 2.33. The molecule has 0 radical (unpaired) electrons. The summed E-state index contributed by atoms with van der Waals surface area (Å²) < 4.78 is 21.2. The van der Waals surface area contributed by atoms with Gasteiger partial charge in [0, 0.05) is 0 Å². The Morgan fingerprint density at radius 1 is 1.06 bits per heavy atom. The third-order valence-electron chi connectivity index (χ3n) is 4.44. The number of hydrogen-bond acceptors (Lipinski definition) is 7. The number of hydrogen-bond donors (Lipinski definition) is 2. The normalized spacial score (nSPS) is 14.5. The van der Waals surface area contributed by atoms with Crippen molar-refractivity contribution in [1.82, 2.24) is 5.32 Å². The highest BCUT2D eigenvalue weighted by molar-refractivity contribution is 5.77. The van der Waals surface area contributed by atoms with Crippen LogP contribution in [0.3, 0.4) is 0 Å². The number of fused-ring (bicyclic) bond motifs is 1. The lowest BCUT2D eigenvalue weighted by molar-refractivity contribution is -0.156. The van der Waals surface area contributed by atoms with E-state index in [0.717, 1.165) is 11.1 Å². The van der Waals surface area contributed by atoms with E-state index in [2.05, 4.69) is 5.32 Å². The summed E-state index contributed by atoms with van der Waals surface area (Å²) in [6.07, 6.45) is -2.19. The zero-order valence-corrected chi connectivity index (χ0v) is 17.8. The SMILES string of the molecule is CC(C)(C)OC(=O)N[C@@H](Cc1ccc2c(c1)OCO2)[C@H](O)C(=O)OCc1ccccc1. The molecule has 31 heavy (non-hydrogen) atoms. The minimum absolute atomic E-state index is 0.0138. The van der Waals surface area contributed by atoms with E-state index in [0.29, 0.717) is 11.5 Å². The molecule has 0 saturated carbocycles. The molecule has 2 N–H and O–H groups in total. The second kappa shape index (κ2) is 9.70. The number of aliphatic hydroxyl groups is 1. The van der Waals surface area contributed by atoms with Crippen LogP contribution in [0.2, 0.25) is 0 Å². The molecule has 8 nitrogen and oxygen atoms in total. The molecule has 2 atom stereocenters. The minimum Gasteiger partial charge on any atom is -0.459 e. The topological polar surface area (TPSA) is 103 Å². The second-order valence-electron chi connectivity index (χ2n) is 8.18. The van der Waals surface area contributed by atoms with Crippen LogP contribution in [-0.2, 0) is 27.3 Å². The molecule has 2 aromatic carbocycles. The van der Waals surface area contributed by atoms with Gasteiger partial charge in [0.25, 0.3) is 0 Å². The Balaban J connectivity index is 1.70. The van der Waals surface area contributed by atoms with Crippen LogP contribution in [0, 0.1) is 0 Å². The molecule has 2 aromatic rings. The maximum absolute atomic E-state index is 12.5. The summed E-state index contributed by atoms with van der Waals surface area (Å²) in [5, 5.41) is 13.2. The van der Waals surface area contributed by atoms with Gasteiger partial charge in [-0.15, -0.1) is 0 Å². The van der Waals surface area contributed by atoms with Gasteiger partial charge in [0.15, 0.2) is 17.6 Å². The summed E-state index contributed by atoms with van der Waals surface area (Å²) in [4.78, 5) is 24.8. The first-order valence-corrected chi connectivity index (χ1v) is 9.98. The van der Waals surface area contributed by atoms with E-state index in [1.54, 1.807) is 39.0 Å². The highest BCUT2D eigenvalue weighted by Gasteiger charge is 2.31. The smallest absolute Gasteiger partial charge is 0.407 e. The van der Waals surface area contributed by atoms with Crippen molar-refractivity contribution < 1.29 is 33.6 Å². The number of esters is 1. The molecule has 0 saturated heterocycles. The lowest BCUT2D eigenvalue weighted by Crippen LogP contribution is -2.50. The molecule has 0 spiro atoms. The van der Waals surface area contributed by atoms with Crippen LogP contribution in [0.15, 0.2) is 48.5 Å². The minimum atomic E-state index is -1.60. The van der Waals surface area contributed by atoms with Crippen molar-refractivity contribution in [3.63, 3.8) is 0 Å². The van der Waals surface area contributed by atoms with Gasteiger partial charge >= 0.3 is 12.1 Å². The first-order valence-electron chi connectivity index (χ1n) is 9.98. The predicted molar refractivity (Wildman–Crippen MR) is 112 cm³/mol. The van der Waals surface area contributed by atoms with E-state index >= 15 is 0 Å². The number of amides is 1. The molecule has 8 heteroatoms. The molecular formula is C23H27NO7. The molecular weight excluding hydrogens is 402 g/mol. The Hall–Kier alpha value is -3.26. The van der Waals surface area contributed by atoms with Crippen molar-refractivity contribution in [2.45, 2.75) is 51.5 Å². The van der Waals surface area contributed by atoms with Crippen LogP contribution >= 0.6 is 0 Å². The van der Waals surface area contributed by atoms with E-state index < -0.39 is 29.8 Å². The van der Waals surface area contributed by atoms with Gasteiger partial charge in [0.2, 0.25) is 6.79 Å². The van der Waals surface area contributed by atoms with Gasteiger partial charge < -0.3 is 29.4 Å². The fraction of sp³-hybridized carbons (Fsp3) is 0.391. The van der Waals surface area contributed by atoms with Crippen LogP contribution in [0.4, 0.5) is 4.79 Å². The second-order valence-corrected chi connectivity index (χ2v) is 8.18. The van der Waals surface area contributed by atoms with Crippen molar-refractivity contribution in [2.75, 3.05) is 6.79 Å². The molecule has 0 aliphatic carbocycles. The van der Waals surface area contributed by atoms with E-state index in [-0.39, 0.29) is 19.8 Å². The van der Waals surface area contributed by atoms with Gasteiger partial charge in [-0.3, -0.25) is 0 Å². The third kappa shape index (κ3) is 6.62. The standard InChI is InChI=1S/C23H27NO7/c1-23(2,3)31-22(27)24-17(11-16-9-10-18-19(12-16)30-14-29-18)20(25)21(26)28-13-15-7-5-4-6-8-15/h4-10,12,17,20,25H,11,13-14H2,1-3H3,(H,24,27)/t17-,20-/m0/s1. The highest BCUT2D eigenvalue weighted by atomic mass is 16.7. The zero-order valence-electron chi connectivity index (χ0n) is 17.8. The fourth-order valence-corrected chi connectivity index (χ4v) is 3.00. The summed E-state index contributed by atoms with van der Waals surface area (Å²) in [6, 6.07) is 13.4. The summed E-state index contributed by atoms with van der Waals surface area (Å²) in [5.41, 5.74) is 0.794. The van der Waals surface area contributed by atoms with Crippen molar-refractivity contribution in [3.05, 3.63) is 59.7 Å². The maximum atomic E-state index is 12.5. The zero-order chi connectivity index (χ0) is 22.4. The summed E-state index contributed by atoms with van der Waals surface area (Å²) in [6.45, 7) is 5.32. The van der Waals surface area contributed by atoms with E-state index in [1.165, 1.54) is 0 Å². The average molecular weight is 429 g/mol.